The van der Waals surface area contributed by atoms with Crippen molar-refractivity contribution >= 4 is 5.78 Å². The van der Waals surface area contributed by atoms with Crippen LogP contribution in [0, 0.1) is 6.92 Å². The Hall–Kier alpha value is -2.56. The maximum absolute atomic E-state index is 12.2. The van der Waals surface area contributed by atoms with Crippen LogP contribution in [0.15, 0.2) is 41.3 Å². The molecule has 102 valence electrons. The topological polar surface area (TPSA) is 57.5 Å². The molecule has 5 nitrogen and oxygen atoms in total. The summed E-state index contributed by atoms with van der Waals surface area (Å²) in [5.41, 5.74) is 0.968. The van der Waals surface area contributed by atoms with Crippen molar-refractivity contribution < 1.29 is 14.3 Å². The summed E-state index contributed by atoms with van der Waals surface area (Å²) in [6, 6.07) is 8.50. The predicted octanol–water partition coefficient (Wildman–Crippen LogP) is 1.77. The number of hydrogen-bond acceptors (Lipinski definition) is 4. The molecule has 2 heterocycles. The van der Waals surface area contributed by atoms with E-state index in [1.807, 2.05) is 0 Å². The molecule has 2 aromatic rings. The summed E-state index contributed by atoms with van der Waals surface area (Å²) in [6.07, 6.45) is 1.61. The van der Waals surface area contributed by atoms with Crippen molar-refractivity contribution in [3.05, 3.63) is 58.0 Å². The van der Waals surface area contributed by atoms with Crippen LogP contribution >= 0.6 is 0 Å². The van der Waals surface area contributed by atoms with Gasteiger partial charge in [-0.05, 0) is 31.2 Å². The van der Waals surface area contributed by atoms with E-state index in [9.17, 15) is 9.59 Å². The number of nitrogens with zero attached hydrogens (tertiary/aromatic N) is 1. The Morgan fingerprint density at radius 2 is 2.05 bits per heavy atom. The Labute approximate surface area is 115 Å². The van der Waals surface area contributed by atoms with Gasteiger partial charge in [-0.15, -0.1) is 0 Å². The number of ketones is 1. The van der Waals surface area contributed by atoms with E-state index in [2.05, 4.69) is 0 Å². The predicted molar refractivity (Wildman–Crippen MR) is 72.3 cm³/mol. The average molecular weight is 271 g/mol. The maximum atomic E-state index is 12.2. The molecule has 1 aromatic heterocycles. The summed E-state index contributed by atoms with van der Waals surface area (Å²) in [7, 11) is 0. The van der Waals surface area contributed by atoms with Gasteiger partial charge < -0.3 is 14.0 Å². The summed E-state index contributed by atoms with van der Waals surface area (Å²) in [4.78, 5) is 24.1. The van der Waals surface area contributed by atoms with E-state index in [-0.39, 0.29) is 24.7 Å². The summed E-state index contributed by atoms with van der Waals surface area (Å²) in [6.45, 7) is 1.91. The molecular formula is C15H13NO4. The molecule has 0 bridgehead atoms. The van der Waals surface area contributed by atoms with Crippen LogP contribution in [-0.2, 0) is 6.54 Å². The molecule has 0 radical (unpaired) electrons. The van der Waals surface area contributed by atoms with E-state index in [4.69, 9.17) is 9.47 Å². The first kappa shape index (κ1) is 12.5. The summed E-state index contributed by atoms with van der Waals surface area (Å²) >= 11 is 0. The lowest BCUT2D eigenvalue weighted by molar-refractivity contribution is 0.0970. The summed E-state index contributed by atoms with van der Waals surface area (Å²) in [5.74, 6) is 1.05. The zero-order valence-corrected chi connectivity index (χ0v) is 11.0. The van der Waals surface area contributed by atoms with Crippen LogP contribution in [0.2, 0.25) is 0 Å². The molecule has 0 saturated heterocycles. The van der Waals surface area contributed by atoms with Crippen molar-refractivity contribution in [3.63, 3.8) is 0 Å². The number of carbonyl (C=O) groups is 1. The fraction of sp³-hybridized carbons (Fsp3) is 0.200. The zero-order chi connectivity index (χ0) is 14.1. The Morgan fingerprint density at radius 1 is 1.25 bits per heavy atom. The Morgan fingerprint density at radius 3 is 2.90 bits per heavy atom. The maximum Gasteiger partial charge on any atom is 0.253 e. The number of hydrogen-bond donors (Lipinski definition) is 0. The van der Waals surface area contributed by atoms with E-state index in [0.717, 1.165) is 0 Å². The van der Waals surface area contributed by atoms with Crippen LogP contribution in [0.25, 0.3) is 0 Å². The molecule has 1 aliphatic heterocycles. The van der Waals surface area contributed by atoms with E-state index in [0.29, 0.717) is 22.6 Å². The highest BCUT2D eigenvalue weighted by atomic mass is 16.7. The number of rotatable bonds is 3. The van der Waals surface area contributed by atoms with Crippen molar-refractivity contribution in [2.24, 2.45) is 0 Å². The number of carbonyl (C=O) groups excluding carboxylic acids is 1. The van der Waals surface area contributed by atoms with E-state index in [1.165, 1.54) is 4.57 Å². The highest BCUT2D eigenvalue weighted by Crippen LogP contribution is 2.32. The van der Waals surface area contributed by atoms with Crippen molar-refractivity contribution in [3.8, 4) is 11.5 Å². The molecule has 1 aromatic carbocycles. The summed E-state index contributed by atoms with van der Waals surface area (Å²) < 4.78 is 11.8. The van der Waals surface area contributed by atoms with Gasteiger partial charge in [0.05, 0.1) is 6.54 Å². The number of fused-ring (bicyclic) bond motifs is 1. The Kier molecular flexibility index (Phi) is 3.02. The SMILES string of the molecule is Cc1cccn(CC(=O)c2ccc3c(c2)OCO3)c1=O. The number of benzene rings is 1. The molecule has 0 fully saturated rings. The second-order valence-electron chi connectivity index (χ2n) is 4.62. The van der Waals surface area contributed by atoms with Crippen molar-refractivity contribution in [1.82, 2.24) is 4.57 Å². The van der Waals surface area contributed by atoms with Gasteiger partial charge in [0.25, 0.3) is 5.56 Å². The minimum absolute atomic E-state index is 0.0140. The molecule has 0 spiro atoms. The van der Waals surface area contributed by atoms with Gasteiger partial charge in [-0.1, -0.05) is 6.07 Å². The average Bonchev–Trinajstić information content (AvgIpc) is 2.91. The minimum Gasteiger partial charge on any atom is -0.454 e. The van der Waals surface area contributed by atoms with E-state index < -0.39 is 0 Å². The molecular weight excluding hydrogens is 258 g/mol. The lowest BCUT2D eigenvalue weighted by atomic mass is 10.1. The molecule has 0 unspecified atom stereocenters. The molecule has 20 heavy (non-hydrogen) atoms. The van der Waals surface area contributed by atoms with Crippen LogP contribution in [0.4, 0.5) is 0 Å². The van der Waals surface area contributed by atoms with Gasteiger partial charge in [0.15, 0.2) is 17.3 Å². The fourth-order valence-corrected chi connectivity index (χ4v) is 2.10. The monoisotopic (exact) mass is 271 g/mol. The molecule has 0 aliphatic carbocycles. The first-order chi connectivity index (χ1) is 9.65. The van der Waals surface area contributed by atoms with Crippen molar-refractivity contribution in [1.29, 1.82) is 0 Å². The van der Waals surface area contributed by atoms with Gasteiger partial charge in [-0.3, -0.25) is 9.59 Å². The van der Waals surface area contributed by atoms with Crippen LogP contribution in [0.3, 0.4) is 0 Å². The second kappa shape index (κ2) is 4.85. The Bertz CT molecular complexity index is 733. The third kappa shape index (κ3) is 2.18. The molecule has 0 atom stereocenters. The molecule has 0 N–H and O–H groups in total. The fourth-order valence-electron chi connectivity index (χ4n) is 2.10. The standard InChI is InChI=1S/C15H13NO4/c1-10-3-2-6-16(15(10)18)8-12(17)11-4-5-13-14(7-11)20-9-19-13/h2-7H,8-9H2,1H3. The normalized spacial score (nSPS) is 12.4. The number of ether oxygens (including phenoxy) is 2. The van der Waals surface area contributed by atoms with Gasteiger partial charge in [0.1, 0.15) is 0 Å². The number of Topliss-reactive ketones (excluding diaryl/α,β-unsaturated/α-hetero) is 1. The number of aryl methyl sites for hydroxylation is 1. The minimum atomic E-state index is -0.151. The van der Waals surface area contributed by atoms with Crippen LogP contribution in [0.1, 0.15) is 15.9 Å². The third-order valence-corrected chi connectivity index (χ3v) is 3.22. The lowest BCUT2D eigenvalue weighted by Gasteiger charge is -2.06. The van der Waals surface area contributed by atoms with Gasteiger partial charge in [0.2, 0.25) is 6.79 Å². The smallest absolute Gasteiger partial charge is 0.253 e. The van der Waals surface area contributed by atoms with Gasteiger partial charge in [-0.2, -0.15) is 0 Å². The first-order valence-electron chi connectivity index (χ1n) is 6.24. The van der Waals surface area contributed by atoms with Crippen molar-refractivity contribution in [2.75, 3.05) is 6.79 Å². The third-order valence-electron chi connectivity index (χ3n) is 3.22. The highest BCUT2D eigenvalue weighted by Gasteiger charge is 2.16. The zero-order valence-electron chi connectivity index (χ0n) is 11.0. The molecule has 0 saturated carbocycles. The lowest BCUT2D eigenvalue weighted by Crippen LogP contribution is -2.25. The van der Waals surface area contributed by atoms with Crippen LogP contribution in [-0.4, -0.2) is 17.1 Å². The molecule has 5 heteroatoms. The van der Waals surface area contributed by atoms with Gasteiger partial charge in [-0.25, -0.2) is 0 Å². The first-order valence-corrected chi connectivity index (χ1v) is 6.24. The van der Waals surface area contributed by atoms with Crippen molar-refractivity contribution in [2.45, 2.75) is 13.5 Å². The van der Waals surface area contributed by atoms with Gasteiger partial charge >= 0.3 is 0 Å². The van der Waals surface area contributed by atoms with Crippen LogP contribution in [0.5, 0.6) is 11.5 Å². The van der Waals surface area contributed by atoms with Gasteiger partial charge in [0, 0.05) is 17.3 Å². The van der Waals surface area contributed by atoms with Crippen LogP contribution < -0.4 is 15.0 Å². The molecule has 0 amide bonds. The second-order valence-corrected chi connectivity index (χ2v) is 4.62. The largest absolute Gasteiger partial charge is 0.454 e. The highest BCUT2D eigenvalue weighted by molar-refractivity contribution is 5.96. The Balaban J connectivity index is 1.86. The summed E-state index contributed by atoms with van der Waals surface area (Å²) in [5, 5.41) is 0. The molecule has 3 rings (SSSR count). The van der Waals surface area contributed by atoms with E-state index in [1.54, 1.807) is 43.5 Å². The molecule has 1 aliphatic rings. The van der Waals surface area contributed by atoms with E-state index >= 15 is 0 Å². The quantitative estimate of drug-likeness (QED) is 0.798. The number of pyridine rings is 1. The number of aromatic nitrogens is 1.